The molecule has 180 valence electrons. The summed E-state index contributed by atoms with van der Waals surface area (Å²) in [4.78, 5) is 37.8. The standard InChI is InChI=1S/C27H28N4O4/c1-15(2)16(3)30-25(32)18-10-13-21(23(14-18)27(34)35)20-6-4-5-7-22(20)26(33)31-19-11-8-17(9-12-19)24(28)29/h4-16H,1-3H3,(H3,28,29)(H,30,32)(H,31,33)(H,34,35). The Balaban J connectivity index is 1.95. The molecule has 6 N–H and O–H groups in total. The van der Waals surface area contributed by atoms with E-state index in [9.17, 15) is 19.5 Å². The van der Waals surface area contributed by atoms with Gasteiger partial charge in [0.1, 0.15) is 5.84 Å². The SMILES string of the molecule is CC(C)C(C)NC(=O)c1ccc(-c2ccccc2C(=O)Nc2ccc(C(=N)N)cc2)c(C(=O)O)c1. The number of nitrogens with two attached hydrogens (primary N) is 1. The molecule has 0 aliphatic heterocycles. The van der Waals surface area contributed by atoms with E-state index in [1.54, 1.807) is 60.7 Å². The van der Waals surface area contributed by atoms with E-state index in [1.165, 1.54) is 6.07 Å². The van der Waals surface area contributed by atoms with Crippen LogP contribution in [0.4, 0.5) is 5.69 Å². The van der Waals surface area contributed by atoms with E-state index >= 15 is 0 Å². The fraction of sp³-hybridized carbons (Fsp3) is 0.185. The number of hydrogen-bond donors (Lipinski definition) is 5. The molecule has 0 aromatic heterocycles. The number of amides is 2. The minimum absolute atomic E-state index is 0.0785. The zero-order valence-electron chi connectivity index (χ0n) is 19.8. The van der Waals surface area contributed by atoms with E-state index in [1.807, 2.05) is 20.8 Å². The van der Waals surface area contributed by atoms with E-state index in [-0.39, 0.29) is 40.4 Å². The van der Waals surface area contributed by atoms with Crippen LogP contribution in [0.1, 0.15) is 57.4 Å². The monoisotopic (exact) mass is 472 g/mol. The summed E-state index contributed by atoms with van der Waals surface area (Å²) in [6.45, 7) is 5.85. The van der Waals surface area contributed by atoms with E-state index in [2.05, 4.69) is 10.6 Å². The number of rotatable bonds is 8. The number of carbonyl (C=O) groups is 3. The predicted octanol–water partition coefficient (Wildman–Crippen LogP) is 4.36. The van der Waals surface area contributed by atoms with Gasteiger partial charge in [0.2, 0.25) is 0 Å². The maximum atomic E-state index is 13.1. The van der Waals surface area contributed by atoms with Crippen LogP contribution < -0.4 is 16.4 Å². The van der Waals surface area contributed by atoms with Crippen molar-refractivity contribution in [2.24, 2.45) is 11.7 Å². The Labute approximate surface area is 203 Å². The highest BCUT2D eigenvalue weighted by molar-refractivity contribution is 6.11. The van der Waals surface area contributed by atoms with Gasteiger partial charge < -0.3 is 21.5 Å². The van der Waals surface area contributed by atoms with Crippen LogP contribution in [0.25, 0.3) is 11.1 Å². The van der Waals surface area contributed by atoms with Crippen molar-refractivity contribution in [2.75, 3.05) is 5.32 Å². The second-order valence-corrected chi connectivity index (χ2v) is 8.56. The molecule has 0 bridgehead atoms. The average Bonchev–Trinajstić information content (AvgIpc) is 2.83. The van der Waals surface area contributed by atoms with Gasteiger partial charge in [0.05, 0.1) is 5.56 Å². The number of nitrogen functional groups attached to an aromatic ring is 1. The molecule has 8 nitrogen and oxygen atoms in total. The van der Waals surface area contributed by atoms with E-state index in [4.69, 9.17) is 11.1 Å². The first-order valence-electron chi connectivity index (χ1n) is 11.1. The first-order chi connectivity index (χ1) is 16.6. The molecule has 0 saturated carbocycles. The second-order valence-electron chi connectivity index (χ2n) is 8.56. The molecular formula is C27H28N4O4. The van der Waals surface area contributed by atoms with Crippen molar-refractivity contribution >= 4 is 29.3 Å². The molecule has 0 aliphatic rings. The van der Waals surface area contributed by atoms with Crippen molar-refractivity contribution in [2.45, 2.75) is 26.8 Å². The molecular weight excluding hydrogens is 444 g/mol. The van der Waals surface area contributed by atoms with Crippen LogP contribution >= 0.6 is 0 Å². The van der Waals surface area contributed by atoms with Crippen molar-refractivity contribution in [3.05, 3.63) is 89.0 Å². The Kier molecular flexibility index (Phi) is 7.66. The second kappa shape index (κ2) is 10.6. The lowest BCUT2D eigenvalue weighted by Crippen LogP contribution is -2.36. The van der Waals surface area contributed by atoms with Crippen LogP contribution in [0.3, 0.4) is 0 Å². The highest BCUT2D eigenvalue weighted by Gasteiger charge is 2.21. The first kappa shape index (κ1) is 25.2. The zero-order valence-corrected chi connectivity index (χ0v) is 19.8. The van der Waals surface area contributed by atoms with Gasteiger partial charge in [-0.25, -0.2) is 4.79 Å². The summed E-state index contributed by atoms with van der Waals surface area (Å²) < 4.78 is 0. The first-order valence-corrected chi connectivity index (χ1v) is 11.1. The largest absolute Gasteiger partial charge is 0.478 e. The van der Waals surface area contributed by atoms with E-state index in [0.717, 1.165) is 0 Å². The zero-order chi connectivity index (χ0) is 25.7. The van der Waals surface area contributed by atoms with Crippen molar-refractivity contribution in [3.8, 4) is 11.1 Å². The molecule has 35 heavy (non-hydrogen) atoms. The molecule has 0 radical (unpaired) electrons. The van der Waals surface area contributed by atoms with E-state index in [0.29, 0.717) is 22.4 Å². The summed E-state index contributed by atoms with van der Waals surface area (Å²) in [5.41, 5.74) is 7.66. The third kappa shape index (κ3) is 5.92. The highest BCUT2D eigenvalue weighted by Crippen LogP contribution is 2.29. The van der Waals surface area contributed by atoms with Crippen LogP contribution in [-0.2, 0) is 0 Å². The molecule has 1 unspecified atom stereocenters. The van der Waals surface area contributed by atoms with Gasteiger partial charge in [-0.2, -0.15) is 0 Å². The summed E-state index contributed by atoms with van der Waals surface area (Å²) in [5, 5.41) is 23.0. The van der Waals surface area contributed by atoms with Gasteiger partial charge in [0.15, 0.2) is 0 Å². The lowest BCUT2D eigenvalue weighted by atomic mass is 9.93. The van der Waals surface area contributed by atoms with Crippen LogP contribution in [0, 0.1) is 11.3 Å². The summed E-state index contributed by atoms with van der Waals surface area (Å²) in [7, 11) is 0. The molecule has 1 atom stereocenters. The van der Waals surface area contributed by atoms with Crippen LogP contribution in [0.2, 0.25) is 0 Å². The minimum atomic E-state index is -1.21. The van der Waals surface area contributed by atoms with Crippen molar-refractivity contribution in [1.82, 2.24) is 5.32 Å². The molecule has 3 rings (SSSR count). The summed E-state index contributed by atoms with van der Waals surface area (Å²) in [6, 6.07) is 17.5. The smallest absolute Gasteiger partial charge is 0.336 e. The lowest BCUT2D eigenvalue weighted by Gasteiger charge is -2.18. The third-order valence-electron chi connectivity index (χ3n) is 5.79. The van der Waals surface area contributed by atoms with E-state index < -0.39 is 11.9 Å². The van der Waals surface area contributed by atoms with Crippen LogP contribution in [0.15, 0.2) is 66.7 Å². The van der Waals surface area contributed by atoms with Gasteiger partial charge >= 0.3 is 5.97 Å². The number of nitrogens with one attached hydrogen (secondary N) is 3. The maximum Gasteiger partial charge on any atom is 0.336 e. The lowest BCUT2D eigenvalue weighted by molar-refractivity contribution is 0.0697. The topological polar surface area (TPSA) is 145 Å². The molecule has 0 heterocycles. The molecule has 0 fully saturated rings. The number of anilines is 1. The van der Waals surface area contributed by atoms with Gasteiger partial charge in [0.25, 0.3) is 11.8 Å². The number of aromatic carboxylic acids is 1. The molecule has 3 aromatic carbocycles. The van der Waals surface area contributed by atoms with Gasteiger partial charge in [-0.15, -0.1) is 0 Å². The molecule has 0 aliphatic carbocycles. The Hall–Kier alpha value is -4.46. The van der Waals surface area contributed by atoms with Crippen LogP contribution in [0.5, 0.6) is 0 Å². The molecule has 3 aromatic rings. The summed E-state index contributed by atoms with van der Waals surface area (Å²) in [6.07, 6.45) is 0. The Morgan fingerprint density at radius 1 is 0.829 bits per heavy atom. The molecule has 8 heteroatoms. The van der Waals surface area contributed by atoms with Crippen molar-refractivity contribution in [1.29, 1.82) is 5.41 Å². The van der Waals surface area contributed by atoms with Gasteiger partial charge in [-0.1, -0.05) is 38.1 Å². The quantitative estimate of drug-likeness (QED) is 0.244. The molecule has 0 saturated heterocycles. The fourth-order valence-corrected chi connectivity index (χ4v) is 3.40. The Bertz CT molecular complexity index is 1280. The third-order valence-corrected chi connectivity index (χ3v) is 5.79. The molecule has 0 spiro atoms. The normalized spacial score (nSPS) is 11.5. The Morgan fingerprint density at radius 2 is 1.43 bits per heavy atom. The van der Waals surface area contributed by atoms with Gasteiger partial charge in [-0.3, -0.25) is 15.0 Å². The number of benzene rings is 3. The fourth-order valence-electron chi connectivity index (χ4n) is 3.40. The number of carboxylic acid groups (broad SMARTS) is 1. The number of amidine groups is 1. The predicted molar refractivity (Wildman–Crippen MR) is 136 cm³/mol. The number of carboxylic acids is 1. The molecule has 2 amide bonds. The summed E-state index contributed by atoms with van der Waals surface area (Å²) >= 11 is 0. The Morgan fingerprint density at radius 3 is 2.03 bits per heavy atom. The van der Waals surface area contributed by atoms with Gasteiger partial charge in [-0.05, 0) is 66.4 Å². The highest BCUT2D eigenvalue weighted by atomic mass is 16.4. The van der Waals surface area contributed by atoms with Crippen LogP contribution in [-0.4, -0.2) is 34.8 Å². The average molecular weight is 473 g/mol. The summed E-state index contributed by atoms with van der Waals surface area (Å²) in [5.74, 6) is -1.85. The maximum absolute atomic E-state index is 13.1. The number of hydrogen-bond acceptors (Lipinski definition) is 4. The number of carbonyl (C=O) groups excluding carboxylic acids is 2. The minimum Gasteiger partial charge on any atom is -0.478 e. The van der Waals surface area contributed by atoms with Crippen molar-refractivity contribution in [3.63, 3.8) is 0 Å². The van der Waals surface area contributed by atoms with Gasteiger partial charge in [0, 0.05) is 28.4 Å². The van der Waals surface area contributed by atoms with Crippen molar-refractivity contribution < 1.29 is 19.5 Å².